The molecule has 0 aromatic carbocycles. The predicted molar refractivity (Wildman–Crippen MR) is 48.1 cm³/mol. The molecule has 54 valence electrons. The van der Waals surface area contributed by atoms with Gasteiger partial charge in [0.25, 0.3) is 0 Å². The van der Waals surface area contributed by atoms with E-state index in [1.165, 1.54) is 0 Å². The van der Waals surface area contributed by atoms with Crippen molar-refractivity contribution in [2.75, 3.05) is 16.5 Å². The van der Waals surface area contributed by atoms with Crippen molar-refractivity contribution in [3.8, 4) is 0 Å². The van der Waals surface area contributed by atoms with Gasteiger partial charge in [0.15, 0.2) is 0 Å². The Bertz CT molecular complexity index is 81.9. The zero-order valence-electron chi connectivity index (χ0n) is 5.04. The SMILES string of the molecule is C=C[Si](CCl)(CCl)CCl. The van der Waals surface area contributed by atoms with Crippen LogP contribution in [0.1, 0.15) is 0 Å². The molecule has 0 aromatic rings. The number of hydrogen-bond donors (Lipinski definition) is 0. The second-order valence-corrected chi connectivity index (χ2v) is 8.31. The van der Waals surface area contributed by atoms with E-state index in [9.17, 15) is 0 Å². The van der Waals surface area contributed by atoms with E-state index < -0.39 is 8.07 Å². The lowest BCUT2D eigenvalue weighted by Gasteiger charge is -2.17. The highest BCUT2D eigenvalue weighted by Gasteiger charge is 2.25. The minimum atomic E-state index is -1.63. The Labute approximate surface area is 71.8 Å². The molecule has 0 radical (unpaired) electrons. The molecule has 0 saturated carbocycles. The van der Waals surface area contributed by atoms with Crippen molar-refractivity contribution < 1.29 is 0 Å². The molecule has 0 aliphatic rings. The van der Waals surface area contributed by atoms with Gasteiger partial charge >= 0.3 is 0 Å². The molecular weight excluding hydrogens is 194 g/mol. The summed E-state index contributed by atoms with van der Waals surface area (Å²) in [5.41, 5.74) is 3.57. The third kappa shape index (κ3) is 2.50. The third-order valence-corrected chi connectivity index (χ3v) is 8.48. The third-order valence-electron chi connectivity index (χ3n) is 1.23. The summed E-state index contributed by atoms with van der Waals surface area (Å²) in [4.78, 5) is 0. The van der Waals surface area contributed by atoms with Crippen molar-refractivity contribution in [2.24, 2.45) is 0 Å². The van der Waals surface area contributed by atoms with E-state index in [2.05, 4.69) is 6.58 Å². The Morgan fingerprint density at radius 1 is 1.11 bits per heavy atom. The van der Waals surface area contributed by atoms with Crippen LogP contribution in [0.3, 0.4) is 0 Å². The summed E-state index contributed by atoms with van der Waals surface area (Å²) in [6, 6.07) is 0. The van der Waals surface area contributed by atoms with E-state index in [1.54, 1.807) is 0 Å². The molecule has 0 rings (SSSR count). The molecule has 0 aliphatic heterocycles. The molecule has 0 heterocycles. The van der Waals surface area contributed by atoms with Crippen LogP contribution in [0.2, 0.25) is 0 Å². The zero-order valence-corrected chi connectivity index (χ0v) is 8.31. The van der Waals surface area contributed by atoms with Crippen LogP contribution in [0.5, 0.6) is 0 Å². The molecule has 0 unspecified atom stereocenters. The van der Waals surface area contributed by atoms with Crippen LogP contribution in [0.4, 0.5) is 0 Å². The minimum Gasteiger partial charge on any atom is -0.130 e. The van der Waals surface area contributed by atoms with E-state index in [-0.39, 0.29) is 0 Å². The van der Waals surface area contributed by atoms with Crippen LogP contribution in [0, 0.1) is 0 Å². The highest BCUT2D eigenvalue weighted by molar-refractivity contribution is 6.97. The second kappa shape index (κ2) is 4.61. The molecule has 9 heavy (non-hydrogen) atoms. The minimum absolute atomic E-state index is 0.573. The summed E-state index contributed by atoms with van der Waals surface area (Å²) < 4.78 is 0. The smallest absolute Gasteiger partial charge is 0.122 e. The van der Waals surface area contributed by atoms with Crippen molar-refractivity contribution in [2.45, 2.75) is 0 Å². The zero-order chi connectivity index (χ0) is 7.33. The number of rotatable bonds is 4. The molecule has 0 aromatic heterocycles. The Balaban J connectivity index is 3.98. The van der Waals surface area contributed by atoms with Gasteiger partial charge in [-0.3, -0.25) is 0 Å². The molecule has 0 spiro atoms. The molecular formula is C5H9Cl3Si. The normalized spacial score (nSPS) is 11.4. The number of hydrogen-bond acceptors (Lipinski definition) is 0. The first-order valence-electron chi connectivity index (χ1n) is 2.56. The van der Waals surface area contributed by atoms with Gasteiger partial charge in [-0.25, -0.2) is 0 Å². The van der Waals surface area contributed by atoms with E-state index in [0.29, 0.717) is 16.5 Å². The molecule has 0 amide bonds. The van der Waals surface area contributed by atoms with Gasteiger partial charge in [0, 0.05) is 16.5 Å². The highest BCUT2D eigenvalue weighted by atomic mass is 35.5. The molecule has 0 saturated heterocycles. The van der Waals surface area contributed by atoms with Crippen LogP contribution < -0.4 is 0 Å². The van der Waals surface area contributed by atoms with E-state index in [1.807, 2.05) is 5.70 Å². The van der Waals surface area contributed by atoms with Gasteiger partial charge in [-0.2, -0.15) is 0 Å². The highest BCUT2D eigenvalue weighted by Crippen LogP contribution is 2.10. The Kier molecular flexibility index (Phi) is 5.04. The fraction of sp³-hybridized carbons (Fsp3) is 0.600. The van der Waals surface area contributed by atoms with Gasteiger partial charge in [0.2, 0.25) is 0 Å². The van der Waals surface area contributed by atoms with Gasteiger partial charge in [0.1, 0.15) is 8.07 Å². The fourth-order valence-electron chi connectivity index (χ4n) is 0.271. The first-order chi connectivity index (χ1) is 4.24. The van der Waals surface area contributed by atoms with Gasteiger partial charge in [0.05, 0.1) is 0 Å². The second-order valence-electron chi connectivity index (χ2n) is 1.97. The largest absolute Gasteiger partial charge is 0.130 e. The maximum atomic E-state index is 5.65. The fourth-order valence-corrected chi connectivity index (χ4v) is 4.37. The molecule has 4 heteroatoms. The molecule has 0 atom stereocenters. The lowest BCUT2D eigenvalue weighted by molar-refractivity contribution is 1.65. The van der Waals surface area contributed by atoms with Crippen molar-refractivity contribution in [3.63, 3.8) is 0 Å². The lowest BCUT2D eigenvalue weighted by atomic mass is 11.3. The van der Waals surface area contributed by atoms with Crippen LogP contribution in [-0.4, -0.2) is 24.6 Å². The Morgan fingerprint density at radius 2 is 1.44 bits per heavy atom. The van der Waals surface area contributed by atoms with Crippen molar-refractivity contribution in [1.82, 2.24) is 0 Å². The molecule has 0 N–H and O–H groups in total. The summed E-state index contributed by atoms with van der Waals surface area (Å²) in [5, 5.41) is 0. The van der Waals surface area contributed by atoms with Crippen LogP contribution >= 0.6 is 34.8 Å². The average Bonchev–Trinajstić information content (AvgIpc) is 1.95. The number of alkyl halides is 3. The van der Waals surface area contributed by atoms with Crippen LogP contribution in [0.25, 0.3) is 0 Å². The summed E-state index contributed by atoms with van der Waals surface area (Å²) in [7, 11) is -1.63. The quantitative estimate of drug-likeness (QED) is 0.487. The molecule has 0 aliphatic carbocycles. The molecule has 0 nitrogen and oxygen atoms in total. The monoisotopic (exact) mass is 202 g/mol. The van der Waals surface area contributed by atoms with E-state index in [0.717, 1.165) is 0 Å². The lowest BCUT2D eigenvalue weighted by Crippen LogP contribution is -2.40. The van der Waals surface area contributed by atoms with Crippen molar-refractivity contribution in [3.05, 3.63) is 12.3 Å². The standard InChI is InChI=1S/C5H9Cl3Si/c1-2-9(3-6,4-7)5-8/h2H,1,3-5H2. The van der Waals surface area contributed by atoms with Gasteiger partial charge in [-0.15, -0.1) is 41.4 Å². The number of halogens is 3. The summed E-state index contributed by atoms with van der Waals surface area (Å²) in [5.74, 6) is 0. The molecule has 0 fully saturated rings. The maximum Gasteiger partial charge on any atom is 0.122 e. The topological polar surface area (TPSA) is 0 Å². The van der Waals surface area contributed by atoms with E-state index in [4.69, 9.17) is 34.8 Å². The van der Waals surface area contributed by atoms with Gasteiger partial charge in [-0.1, -0.05) is 5.70 Å². The Hall–Kier alpha value is 0.827. The van der Waals surface area contributed by atoms with Gasteiger partial charge < -0.3 is 0 Å². The van der Waals surface area contributed by atoms with E-state index >= 15 is 0 Å². The maximum absolute atomic E-state index is 5.65. The first kappa shape index (κ1) is 9.83. The van der Waals surface area contributed by atoms with Gasteiger partial charge in [-0.05, 0) is 0 Å². The summed E-state index contributed by atoms with van der Waals surface area (Å²) in [6.07, 6.45) is 0. The Morgan fingerprint density at radius 3 is 1.44 bits per heavy atom. The van der Waals surface area contributed by atoms with Crippen molar-refractivity contribution in [1.29, 1.82) is 0 Å². The van der Waals surface area contributed by atoms with Crippen molar-refractivity contribution >= 4 is 42.9 Å². The molecule has 0 bridgehead atoms. The van der Waals surface area contributed by atoms with Crippen LogP contribution in [0.15, 0.2) is 12.3 Å². The average molecular weight is 204 g/mol. The predicted octanol–water partition coefficient (Wildman–Crippen LogP) is 2.49. The first-order valence-corrected chi connectivity index (χ1v) is 6.86. The van der Waals surface area contributed by atoms with Crippen LogP contribution in [-0.2, 0) is 0 Å². The summed E-state index contributed by atoms with van der Waals surface area (Å²) >= 11 is 16.9. The summed E-state index contributed by atoms with van der Waals surface area (Å²) in [6.45, 7) is 3.65.